The lowest BCUT2D eigenvalue weighted by molar-refractivity contribution is 0.394. The first-order chi connectivity index (χ1) is 16.7. The van der Waals surface area contributed by atoms with Gasteiger partial charge in [-0.05, 0) is 29.8 Å². The maximum absolute atomic E-state index is 13.0. The van der Waals surface area contributed by atoms with Crippen LogP contribution in [-0.4, -0.2) is 39.1 Å². The van der Waals surface area contributed by atoms with Crippen molar-refractivity contribution in [2.75, 3.05) is 19.6 Å². The van der Waals surface area contributed by atoms with Crippen LogP contribution in [0.5, 0.6) is 11.5 Å². The molecule has 0 saturated heterocycles. The number of fused-ring (bicyclic) bond motifs is 1. The van der Waals surface area contributed by atoms with Crippen LogP contribution in [0.2, 0.25) is 10.0 Å². The summed E-state index contributed by atoms with van der Waals surface area (Å²) in [7, 11) is 6.09. The third-order valence-electron chi connectivity index (χ3n) is 5.48. The Bertz CT molecular complexity index is 1570. The van der Waals surface area contributed by atoms with E-state index in [2.05, 4.69) is 15.5 Å². The van der Waals surface area contributed by atoms with Crippen molar-refractivity contribution in [2.24, 2.45) is 19.2 Å². The van der Waals surface area contributed by atoms with E-state index >= 15 is 0 Å². The van der Waals surface area contributed by atoms with E-state index in [0.717, 1.165) is 10.1 Å². The average molecular weight is 517 g/mol. The lowest BCUT2D eigenvalue weighted by atomic mass is 10.2. The molecule has 35 heavy (non-hydrogen) atoms. The van der Waals surface area contributed by atoms with Gasteiger partial charge in [-0.2, -0.15) is 10.1 Å². The lowest BCUT2D eigenvalue weighted by Crippen LogP contribution is -2.37. The highest BCUT2D eigenvalue weighted by molar-refractivity contribution is 6.42. The number of halogens is 2. The zero-order valence-electron chi connectivity index (χ0n) is 19.4. The molecule has 0 aliphatic heterocycles. The van der Waals surface area contributed by atoms with E-state index in [1.54, 1.807) is 68.4 Å². The van der Waals surface area contributed by atoms with Crippen molar-refractivity contribution >= 4 is 46.5 Å². The molecule has 0 atom stereocenters. The molecule has 0 bridgehead atoms. The van der Waals surface area contributed by atoms with E-state index in [1.807, 2.05) is 0 Å². The molecule has 0 unspecified atom stereocenters. The normalized spacial score (nSPS) is 11.4. The second-order valence-electron chi connectivity index (χ2n) is 7.63. The molecule has 0 spiro atoms. The summed E-state index contributed by atoms with van der Waals surface area (Å²) in [6.45, 7) is 0.227. The van der Waals surface area contributed by atoms with E-state index in [9.17, 15) is 9.59 Å². The fourth-order valence-corrected chi connectivity index (χ4v) is 3.91. The Balaban J connectivity index is 1.80. The van der Waals surface area contributed by atoms with Gasteiger partial charge >= 0.3 is 5.69 Å². The van der Waals surface area contributed by atoms with Gasteiger partial charge in [0.15, 0.2) is 11.2 Å². The Morgan fingerprint density at radius 1 is 1.03 bits per heavy atom. The van der Waals surface area contributed by atoms with Gasteiger partial charge in [0.2, 0.25) is 5.95 Å². The first kappa shape index (κ1) is 24.4. The number of anilines is 1. The number of methoxy groups -OCH3 is 2. The largest absolute Gasteiger partial charge is 0.497 e. The maximum atomic E-state index is 13.0. The molecule has 10 nitrogen and oxygen atoms in total. The van der Waals surface area contributed by atoms with Crippen LogP contribution in [0.25, 0.3) is 11.2 Å². The van der Waals surface area contributed by atoms with Gasteiger partial charge in [0.05, 0.1) is 37.0 Å². The minimum atomic E-state index is -0.486. The second-order valence-corrected chi connectivity index (χ2v) is 8.44. The van der Waals surface area contributed by atoms with Gasteiger partial charge in [0.1, 0.15) is 11.5 Å². The fourth-order valence-electron chi connectivity index (χ4n) is 3.59. The molecule has 0 aliphatic carbocycles. The molecule has 2 aromatic heterocycles. The molecular formula is C23H22Cl2N6O4. The third-order valence-corrected chi connectivity index (χ3v) is 6.22. The minimum absolute atomic E-state index is 0.220. The van der Waals surface area contributed by atoms with Crippen LogP contribution in [0.1, 0.15) is 11.1 Å². The van der Waals surface area contributed by atoms with Gasteiger partial charge in [0, 0.05) is 25.7 Å². The highest BCUT2D eigenvalue weighted by atomic mass is 35.5. The zero-order chi connectivity index (χ0) is 25.3. The highest BCUT2D eigenvalue weighted by Crippen LogP contribution is 2.25. The number of hydrogen-bond donors (Lipinski definition) is 1. The van der Waals surface area contributed by atoms with Crippen LogP contribution in [0.4, 0.5) is 5.95 Å². The monoisotopic (exact) mass is 516 g/mol. The topological polar surface area (TPSA) is 105 Å². The summed E-state index contributed by atoms with van der Waals surface area (Å²) in [6, 6.07) is 10.5. The number of rotatable bonds is 7. The molecule has 182 valence electrons. The maximum Gasteiger partial charge on any atom is 0.332 e. The number of nitrogens with one attached hydrogen (secondary N) is 1. The molecule has 0 aliphatic rings. The summed E-state index contributed by atoms with van der Waals surface area (Å²) in [6.07, 6.45) is 1.55. The minimum Gasteiger partial charge on any atom is -0.497 e. The van der Waals surface area contributed by atoms with Crippen LogP contribution in [0.15, 0.2) is 51.1 Å². The molecule has 1 N–H and O–H groups in total. The summed E-state index contributed by atoms with van der Waals surface area (Å²) in [5.74, 6) is 1.47. The quantitative estimate of drug-likeness (QED) is 0.298. The standard InChI is InChI=1S/C23H22Cl2N6O4/c1-29-20-19(21(32)30(2)23(29)33)31(12-13-5-8-16(24)17(25)9-13)22(27-20)28-26-11-14-6-7-15(34-3)10-18(14)35-4/h5-11H,12H2,1-4H3,(H,27,28)/b26-11-. The van der Waals surface area contributed by atoms with Gasteiger partial charge in [-0.25, -0.2) is 10.2 Å². The van der Waals surface area contributed by atoms with Gasteiger partial charge in [0.25, 0.3) is 5.56 Å². The number of nitrogens with zero attached hydrogens (tertiary/aromatic N) is 5. The Kier molecular flexibility index (Phi) is 6.86. The Morgan fingerprint density at radius 3 is 2.49 bits per heavy atom. The Hall–Kier alpha value is -3.76. The third kappa shape index (κ3) is 4.62. The average Bonchev–Trinajstić information content (AvgIpc) is 3.21. The SMILES string of the molecule is COc1ccc(/C=N\Nc2nc3c(c(=O)n(C)c(=O)n3C)n2Cc2ccc(Cl)c(Cl)c2)c(OC)c1. The highest BCUT2D eigenvalue weighted by Gasteiger charge is 2.19. The number of hydrogen-bond acceptors (Lipinski definition) is 7. The van der Waals surface area contributed by atoms with Crippen molar-refractivity contribution in [3.8, 4) is 11.5 Å². The number of benzene rings is 2. The molecule has 0 amide bonds. The Morgan fingerprint density at radius 2 is 1.80 bits per heavy atom. The Labute approximate surface area is 209 Å². The molecule has 2 aromatic carbocycles. The number of aryl methyl sites for hydroxylation is 1. The van der Waals surface area contributed by atoms with Gasteiger partial charge < -0.3 is 9.47 Å². The molecule has 0 radical (unpaired) electrons. The summed E-state index contributed by atoms with van der Waals surface area (Å²) < 4.78 is 14.6. The van der Waals surface area contributed by atoms with Crippen LogP contribution in [-0.2, 0) is 20.6 Å². The van der Waals surface area contributed by atoms with E-state index < -0.39 is 11.2 Å². The molecule has 2 heterocycles. The smallest absolute Gasteiger partial charge is 0.332 e. The van der Waals surface area contributed by atoms with E-state index in [4.69, 9.17) is 32.7 Å². The van der Waals surface area contributed by atoms with Crippen molar-refractivity contribution in [3.05, 3.63) is 78.4 Å². The molecule has 4 rings (SSSR count). The summed E-state index contributed by atoms with van der Waals surface area (Å²) in [4.78, 5) is 30.0. The van der Waals surface area contributed by atoms with Gasteiger partial charge in [-0.1, -0.05) is 29.3 Å². The van der Waals surface area contributed by atoms with Gasteiger partial charge in [-0.3, -0.25) is 18.5 Å². The molecular weight excluding hydrogens is 495 g/mol. The number of imidazole rings is 1. The molecule has 12 heteroatoms. The van der Waals surface area contributed by atoms with Crippen LogP contribution in [0, 0.1) is 0 Å². The van der Waals surface area contributed by atoms with Crippen LogP contribution in [0.3, 0.4) is 0 Å². The van der Waals surface area contributed by atoms with Crippen molar-refractivity contribution in [3.63, 3.8) is 0 Å². The molecule has 4 aromatic rings. The second kappa shape index (κ2) is 9.85. The summed E-state index contributed by atoms with van der Waals surface area (Å²) >= 11 is 12.2. The predicted molar refractivity (Wildman–Crippen MR) is 137 cm³/mol. The summed E-state index contributed by atoms with van der Waals surface area (Å²) in [5, 5.41) is 5.09. The first-order valence-corrected chi connectivity index (χ1v) is 11.1. The zero-order valence-corrected chi connectivity index (χ0v) is 20.9. The van der Waals surface area contributed by atoms with E-state index in [-0.39, 0.29) is 23.7 Å². The van der Waals surface area contributed by atoms with E-state index in [0.29, 0.717) is 27.1 Å². The van der Waals surface area contributed by atoms with Crippen molar-refractivity contribution < 1.29 is 9.47 Å². The number of ether oxygens (including phenoxy) is 2. The van der Waals surface area contributed by atoms with Crippen LogP contribution >= 0.6 is 23.2 Å². The van der Waals surface area contributed by atoms with Crippen molar-refractivity contribution in [1.29, 1.82) is 0 Å². The van der Waals surface area contributed by atoms with Crippen molar-refractivity contribution in [1.82, 2.24) is 18.7 Å². The van der Waals surface area contributed by atoms with Gasteiger partial charge in [-0.15, -0.1) is 0 Å². The number of aromatic nitrogens is 4. The van der Waals surface area contributed by atoms with Crippen molar-refractivity contribution in [2.45, 2.75) is 6.54 Å². The van der Waals surface area contributed by atoms with E-state index in [1.165, 1.54) is 11.6 Å². The van der Waals surface area contributed by atoms with Crippen LogP contribution < -0.4 is 26.1 Å². The first-order valence-electron chi connectivity index (χ1n) is 10.4. The predicted octanol–water partition coefficient (Wildman–Crippen LogP) is 3.25. The summed E-state index contributed by atoms with van der Waals surface area (Å²) in [5.41, 5.74) is 3.84. The molecule has 0 saturated carbocycles. The lowest BCUT2D eigenvalue weighted by Gasteiger charge is -2.10. The molecule has 0 fully saturated rings. The number of hydrazone groups is 1. The fraction of sp³-hybridized carbons (Fsp3) is 0.217.